The fraction of sp³-hybridized carbons (Fsp3) is 0.368. The monoisotopic (exact) mass is 344 g/mol. The van der Waals surface area contributed by atoms with Gasteiger partial charge in [-0.05, 0) is 58.0 Å². The summed E-state index contributed by atoms with van der Waals surface area (Å²) in [5, 5.41) is 2.68. The van der Waals surface area contributed by atoms with E-state index in [9.17, 15) is 9.59 Å². The number of esters is 1. The molecule has 0 saturated heterocycles. The lowest BCUT2D eigenvalue weighted by atomic mass is 10.2. The summed E-state index contributed by atoms with van der Waals surface area (Å²) in [6, 6.07) is 8.79. The maximum absolute atomic E-state index is 12.2. The fourth-order valence-corrected chi connectivity index (χ4v) is 2.70. The van der Waals surface area contributed by atoms with Gasteiger partial charge in [0.1, 0.15) is 5.75 Å². The third kappa shape index (κ3) is 4.62. The van der Waals surface area contributed by atoms with Crippen LogP contribution in [0.15, 0.2) is 30.3 Å². The molecule has 1 aromatic carbocycles. The quantitative estimate of drug-likeness (QED) is 0.782. The first-order chi connectivity index (χ1) is 12.0. The highest BCUT2D eigenvalue weighted by Gasteiger charge is 2.17. The minimum atomic E-state index is -0.491. The Labute approximate surface area is 147 Å². The molecule has 2 aromatic rings. The van der Waals surface area contributed by atoms with Crippen molar-refractivity contribution in [2.75, 3.05) is 18.5 Å². The normalized spacial score (nSPS) is 10.4. The van der Waals surface area contributed by atoms with E-state index in [0.717, 1.165) is 23.7 Å². The van der Waals surface area contributed by atoms with Gasteiger partial charge in [0.15, 0.2) is 6.61 Å². The van der Waals surface area contributed by atoms with Crippen molar-refractivity contribution >= 4 is 17.6 Å². The first-order valence-electron chi connectivity index (χ1n) is 8.32. The number of nitrogens with one attached hydrogen (secondary N) is 1. The number of nitrogens with zero attached hydrogens (tertiary/aromatic N) is 1. The summed E-state index contributed by atoms with van der Waals surface area (Å²) in [5.41, 5.74) is 2.95. The summed E-state index contributed by atoms with van der Waals surface area (Å²) in [6.07, 6.45) is 0. The third-order valence-corrected chi connectivity index (χ3v) is 3.89. The SMILES string of the molecule is CCOc1ccc(NC(=O)COC(=O)c2cc(C)n(CC)c2C)cc1. The van der Waals surface area contributed by atoms with Gasteiger partial charge >= 0.3 is 5.97 Å². The summed E-state index contributed by atoms with van der Waals surface area (Å²) in [7, 11) is 0. The van der Waals surface area contributed by atoms with E-state index in [1.165, 1.54) is 0 Å². The zero-order valence-electron chi connectivity index (χ0n) is 15.1. The molecule has 0 aliphatic rings. The lowest BCUT2D eigenvalue weighted by Gasteiger charge is -2.08. The number of hydrogen-bond donors (Lipinski definition) is 1. The maximum Gasteiger partial charge on any atom is 0.340 e. The number of rotatable bonds is 7. The Morgan fingerprint density at radius 1 is 1.12 bits per heavy atom. The van der Waals surface area contributed by atoms with E-state index in [2.05, 4.69) is 5.32 Å². The lowest BCUT2D eigenvalue weighted by Crippen LogP contribution is -2.21. The molecule has 0 saturated carbocycles. The molecule has 0 spiro atoms. The highest BCUT2D eigenvalue weighted by molar-refractivity contribution is 5.96. The molecule has 0 fully saturated rings. The Balaban J connectivity index is 1.90. The molecule has 0 atom stereocenters. The van der Waals surface area contributed by atoms with Crippen LogP contribution in [-0.4, -0.2) is 29.7 Å². The molecule has 1 amide bonds. The van der Waals surface area contributed by atoms with E-state index in [-0.39, 0.29) is 12.5 Å². The van der Waals surface area contributed by atoms with Gasteiger partial charge in [-0.2, -0.15) is 0 Å². The highest BCUT2D eigenvalue weighted by Crippen LogP contribution is 2.17. The number of amides is 1. The van der Waals surface area contributed by atoms with Gasteiger partial charge in [0.25, 0.3) is 5.91 Å². The molecule has 2 rings (SSSR count). The maximum atomic E-state index is 12.2. The van der Waals surface area contributed by atoms with Crippen LogP contribution >= 0.6 is 0 Å². The summed E-state index contributed by atoms with van der Waals surface area (Å²) < 4.78 is 12.5. The van der Waals surface area contributed by atoms with Crippen LogP contribution in [0.1, 0.15) is 35.6 Å². The van der Waals surface area contributed by atoms with Crippen molar-refractivity contribution in [1.29, 1.82) is 0 Å². The second-order valence-electron chi connectivity index (χ2n) is 5.61. The van der Waals surface area contributed by atoms with Crippen LogP contribution in [-0.2, 0) is 16.1 Å². The molecular formula is C19H24N2O4. The van der Waals surface area contributed by atoms with Gasteiger partial charge in [-0.25, -0.2) is 4.79 Å². The molecule has 0 bridgehead atoms. The van der Waals surface area contributed by atoms with E-state index >= 15 is 0 Å². The Bertz CT molecular complexity index is 748. The minimum absolute atomic E-state index is 0.332. The van der Waals surface area contributed by atoms with Crippen molar-refractivity contribution in [1.82, 2.24) is 4.57 Å². The predicted octanol–water partition coefficient (Wildman–Crippen LogP) is 3.32. The van der Waals surface area contributed by atoms with Gasteiger partial charge < -0.3 is 19.4 Å². The second kappa shape index (κ2) is 8.37. The van der Waals surface area contributed by atoms with Gasteiger partial charge in [-0.15, -0.1) is 0 Å². The van der Waals surface area contributed by atoms with Gasteiger partial charge in [0.2, 0.25) is 0 Å². The Hall–Kier alpha value is -2.76. The molecule has 1 N–H and O–H groups in total. The van der Waals surface area contributed by atoms with Gasteiger partial charge in [-0.1, -0.05) is 0 Å². The Kier molecular flexibility index (Phi) is 6.22. The van der Waals surface area contributed by atoms with E-state index < -0.39 is 5.97 Å². The van der Waals surface area contributed by atoms with Crippen molar-refractivity contribution in [3.05, 3.63) is 47.3 Å². The molecule has 6 heteroatoms. The van der Waals surface area contributed by atoms with Crippen molar-refractivity contribution in [3.8, 4) is 5.75 Å². The number of benzene rings is 1. The number of carbonyl (C=O) groups is 2. The average Bonchev–Trinajstić information content (AvgIpc) is 2.88. The van der Waals surface area contributed by atoms with Crippen LogP contribution in [0.25, 0.3) is 0 Å². The lowest BCUT2D eigenvalue weighted by molar-refractivity contribution is -0.119. The number of carbonyl (C=O) groups excluding carboxylic acids is 2. The van der Waals surface area contributed by atoms with Crippen molar-refractivity contribution in [2.45, 2.75) is 34.2 Å². The number of aromatic nitrogens is 1. The third-order valence-electron chi connectivity index (χ3n) is 3.89. The minimum Gasteiger partial charge on any atom is -0.494 e. The molecule has 134 valence electrons. The molecular weight excluding hydrogens is 320 g/mol. The van der Waals surface area contributed by atoms with Crippen molar-refractivity contribution in [3.63, 3.8) is 0 Å². The van der Waals surface area contributed by atoms with Crippen LogP contribution in [0, 0.1) is 13.8 Å². The second-order valence-corrected chi connectivity index (χ2v) is 5.61. The number of aryl methyl sites for hydroxylation is 1. The first kappa shape index (κ1) is 18.6. The summed E-state index contributed by atoms with van der Waals surface area (Å²) in [5.74, 6) is -0.144. The fourth-order valence-electron chi connectivity index (χ4n) is 2.70. The van der Waals surface area contributed by atoms with Crippen LogP contribution in [0.3, 0.4) is 0 Å². The van der Waals surface area contributed by atoms with Gasteiger partial charge in [0, 0.05) is 23.6 Å². The van der Waals surface area contributed by atoms with E-state index in [0.29, 0.717) is 17.9 Å². The first-order valence-corrected chi connectivity index (χ1v) is 8.32. The zero-order chi connectivity index (χ0) is 18.4. The molecule has 1 heterocycles. The van der Waals surface area contributed by atoms with Crippen LogP contribution in [0.5, 0.6) is 5.75 Å². The van der Waals surface area contributed by atoms with E-state index in [4.69, 9.17) is 9.47 Å². The van der Waals surface area contributed by atoms with E-state index in [1.807, 2.05) is 32.3 Å². The standard InChI is InChI=1S/C19H24N2O4/c1-5-21-13(3)11-17(14(21)4)19(23)25-12-18(22)20-15-7-9-16(10-8-15)24-6-2/h7-11H,5-6,12H2,1-4H3,(H,20,22). The molecule has 0 radical (unpaired) electrons. The number of hydrogen-bond acceptors (Lipinski definition) is 4. The Morgan fingerprint density at radius 3 is 2.36 bits per heavy atom. The molecule has 0 unspecified atom stereocenters. The number of ether oxygens (including phenoxy) is 2. The average molecular weight is 344 g/mol. The largest absolute Gasteiger partial charge is 0.494 e. The molecule has 1 aromatic heterocycles. The molecule has 0 aliphatic heterocycles. The van der Waals surface area contributed by atoms with Crippen LogP contribution in [0.4, 0.5) is 5.69 Å². The predicted molar refractivity (Wildman–Crippen MR) is 96.1 cm³/mol. The molecule has 6 nitrogen and oxygen atoms in total. The Morgan fingerprint density at radius 2 is 1.80 bits per heavy atom. The highest BCUT2D eigenvalue weighted by atomic mass is 16.5. The topological polar surface area (TPSA) is 69.6 Å². The summed E-state index contributed by atoms with van der Waals surface area (Å²) >= 11 is 0. The van der Waals surface area contributed by atoms with Gasteiger partial charge in [-0.3, -0.25) is 4.79 Å². The molecule has 25 heavy (non-hydrogen) atoms. The molecule has 0 aliphatic carbocycles. The smallest absolute Gasteiger partial charge is 0.340 e. The van der Waals surface area contributed by atoms with Crippen LogP contribution < -0.4 is 10.1 Å². The summed E-state index contributed by atoms with van der Waals surface area (Å²) in [6.45, 7) is 8.76. The van der Waals surface area contributed by atoms with Crippen molar-refractivity contribution in [2.24, 2.45) is 0 Å². The summed E-state index contributed by atoms with van der Waals surface area (Å²) in [4.78, 5) is 24.1. The van der Waals surface area contributed by atoms with Gasteiger partial charge in [0.05, 0.1) is 12.2 Å². The van der Waals surface area contributed by atoms with Crippen molar-refractivity contribution < 1.29 is 19.1 Å². The number of anilines is 1. The van der Waals surface area contributed by atoms with E-state index in [1.54, 1.807) is 30.3 Å². The van der Waals surface area contributed by atoms with Crippen LogP contribution in [0.2, 0.25) is 0 Å². The zero-order valence-corrected chi connectivity index (χ0v) is 15.1.